The van der Waals surface area contributed by atoms with Crippen molar-refractivity contribution in [2.24, 2.45) is 4.99 Å². The van der Waals surface area contributed by atoms with Crippen LogP contribution in [0.3, 0.4) is 0 Å². The van der Waals surface area contributed by atoms with Crippen LogP contribution in [-0.2, 0) is 24.9 Å². The summed E-state index contributed by atoms with van der Waals surface area (Å²) in [4.78, 5) is 14.2. The van der Waals surface area contributed by atoms with Crippen molar-refractivity contribution in [3.63, 3.8) is 0 Å². The number of hydrogen-bond donors (Lipinski definition) is 2. The molecule has 8 heteroatoms. The Bertz CT molecular complexity index is 659. The highest BCUT2D eigenvalue weighted by Crippen LogP contribution is 2.22. The van der Waals surface area contributed by atoms with Gasteiger partial charge in [-0.25, -0.2) is 9.97 Å². The van der Waals surface area contributed by atoms with Crippen molar-refractivity contribution in [3.05, 3.63) is 33.9 Å². The Hall–Kier alpha value is -1.16. The number of halogens is 1. The second kappa shape index (κ2) is 9.36. The summed E-state index contributed by atoms with van der Waals surface area (Å²) in [6.07, 6.45) is 4.73. The van der Waals surface area contributed by atoms with Crippen LogP contribution in [0.25, 0.3) is 0 Å². The highest BCUT2D eigenvalue weighted by molar-refractivity contribution is 14.0. The summed E-state index contributed by atoms with van der Waals surface area (Å²) in [5, 5.41) is 7.50. The molecule has 0 aliphatic rings. The topological polar surface area (TPSA) is 75.3 Å². The van der Waals surface area contributed by atoms with E-state index in [0.717, 1.165) is 17.2 Å². The molecule has 134 valence electrons. The average molecular weight is 463 g/mol. The number of aryl methyl sites for hydroxylation is 1. The van der Waals surface area contributed by atoms with E-state index in [1.54, 1.807) is 24.6 Å². The minimum atomic E-state index is -0.0347. The maximum atomic E-state index is 5.76. The molecule has 0 aliphatic carbocycles. The van der Waals surface area contributed by atoms with Gasteiger partial charge in [-0.3, -0.25) is 4.99 Å². The Balaban J connectivity index is 0.00000288. The number of rotatable bonds is 5. The summed E-state index contributed by atoms with van der Waals surface area (Å²) < 4.78 is 5.76. The molecule has 2 N–H and O–H groups in total. The Morgan fingerprint density at radius 3 is 2.46 bits per heavy atom. The molecule has 0 aromatic carbocycles. The standard InChI is InChI=1S/C16H25N5OS.HI/c1-6-11-7-19-14(23-11)10-21-15(17-5)20-9-13-18-8-12(22-13)16(2,3)4;/h7-8H,6,9-10H2,1-5H3,(H2,17,20,21);1H. The fourth-order valence-electron chi connectivity index (χ4n) is 1.87. The van der Waals surface area contributed by atoms with Gasteiger partial charge >= 0.3 is 0 Å². The lowest BCUT2D eigenvalue weighted by Crippen LogP contribution is -2.36. The number of nitrogens with one attached hydrogen (secondary N) is 2. The smallest absolute Gasteiger partial charge is 0.213 e. The molecule has 0 bridgehead atoms. The van der Waals surface area contributed by atoms with Gasteiger partial charge in [0.2, 0.25) is 5.89 Å². The van der Waals surface area contributed by atoms with E-state index in [-0.39, 0.29) is 29.4 Å². The molecule has 2 heterocycles. The molecule has 6 nitrogen and oxygen atoms in total. The summed E-state index contributed by atoms with van der Waals surface area (Å²) in [5.74, 6) is 2.24. The van der Waals surface area contributed by atoms with Crippen LogP contribution in [0.15, 0.2) is 21.8 Å². The van der Waals surface area contributed by atoms with Gasteiger partial charge < -0.3 is 15.1 Å². The number of aliphatic imine (C=N–C) groups is 1. The van der Waals surface area contributed by atoms with Gasteiger partial charge in [-0.15, -0.1) is 35.3 Å². The molecule has 0 amide bonds. The molecule has 2 aromatic heterocycles. The van der Waals surface area contributed by atoms with Crippen LogP contribution in [0, 0.1) is 0 Å². The molecule has 24 heavy (non-hydrogen) atoms. The summed E-state index contributed by atoms with van der Waals surface area (Å²) in [5.41, 5.74) is -0.0347. The zero-order valence-electron chi connectivity index (χ0n) is 14.8. The van der Waals surface area contributed by atoms with Crippen LogP contribution in [-0.4, -0.2) is 23.0 Å². The molecule has 0 unspecified atom stereocenters. The van der Waals surface area contributed by atoms with E-state index in [0.29, 0.717) is 24.9 Å². The maximum Gasteiger partial charge on any atom is 0.213 e. The number of thiazole rings is 1. The molecule has 0 atom stereocenters. The minimum Gasteiger partial charge on any atom is -0.443 e. The summed E-state index contributed by atoms with van der Waals surface area (Å²) in [6, 6.07) is 0. The molecule has 0 spiro atoms. The highest BCUT2D eigenvalue weighted by atomic mass is 127. The van der Waals surface area contributed by atoms with Crippen molar-refractivity contribution < 1.29 is 4.42 Å². The lowest BCUT2D eigenvalue weighted by Gasteiger charge is -2.13. The lowest BCUT2D eigenvalue weighted by molar-refractivity contribution is 0.379. The third kappa shape index (κ3) is 6.04. The Morgan fingerprint density at radius 1 is 1.21 bits per heavy atom. The van der Waals surface area contributed by atoms with E-state index < -0.39 is 0 Å². The van der Waals surface area contributed by atoms with Crippen LogP contribution in [0.1, 0.15) is 49.2 Å². The molecule has 0 radical (unpaired) electrons. The van der Waals surface area contributed by atoms with E-state index in [1.807, 2.05) is 6.20 Å². The van der Waals surface area contributed by atoms with Gasteiger partial charge in [0.25, 0.3) is 0 Å². The zero-order chi connectivity index (χ0) is 16.9. The molecular formula is C16H26IN5OS. The maximum absolute atomic E-state index is 5.76. The molecular weight excluding hydrogens is 437 g/mol. The first-order valence-corrected chi connectivity index (χ1v) is 8.57. The largest absolute Gasteiger partial charge is 0.443 e. The quantitative estimate of drug-likeness (QED) is 0.404. The predicted molar refractivity (Wildman–Crippen MR) is 109 cm³/mol. The molecule has 0 saturated carbocycles. The number of nitrogens with zero attached hydrogens (tertiary/aromatic N) is 3. The fraction of sp³-hybridized carbons (Fsp3) is 0.562. The Kier molecular flexibility index (Phi) is 8.14. The van der Waals surface area contributed by atoms with Gasteiger partial charge in [0.15, 0.2) is 5.96 Å². The van der Waals surface area contributed by atoms with E-state index in [2.05, 4.69) is 53.3 Å². The number of hydrogen-bond acceptors (Lipinski definition) is 5. The van der Waals surface area contributed by atoms with Crippen molar-refractivity contribution in [3.8, 4) is 0 Å². The summed E-state index contributed by atoms with van der Waals surface area (Å²) >= 11 is 1.72. The normalized spacial score (nSPS) is 12.0. The first-order chi connectivity index (χ1) is 10.9. The van der Waals surface area contributed by atoms with Crippen molar-refractivity contribution in [2.75, 3.05) is 7.05 Å². The van der Waals surface area contributed by atoms with E-state index in [9.17, 15) is 0 Å². The van der Waals surface area contributed by atoms with Gasteiger partial charge in [0, 0.05) is 23.5 Å². The van der Waals surface area contributed by atoms with Crippen LogP contribution in [0.5, 0.6) is 0 Å². The van der Waals surface area contributed by atoms with Crippen molar-refractivity contribution in [1.82, 2.24) is 20.6 Å². The predicted octanol–water partition coefficient (Wildman–Crippen LogP) is 3.47. The monoisotopic (exact) mass is 463 g/mol. The highest BCUT2D eigenvalue weighted by Gasteiger charge is 2.19. The molecule has 2 aromatic rings. The van der Waals surface area contributed by atoms with Crippen molar-refractivity contribution >= 4 is 41.3 Å². The van der Waals surface area contributed by atoms with Crippen molar-refractivity contribution in [1.29, 1.82) is 0 Å². The molecule has 0 saturated heterocycles. The number of guanidine groups is 1. The van der Waals surface area contributed by atoms with Gasteiger partial charge in [0.1, 0.15) is 10.8 Å². The summed E-state index contributed by atoms with van der Waals surface area (Å²) in [7, 11) is 1.74. The lowest BCUT2D eigenvalue weighted by atomic mass is 9.94. The second-order valence-electron chi connectivity index (χ2n) is 6.22. The van der Waals surface area contributed by atoms with Gasteiger partial charge in [-0.2, -0.15) is 0 Å². The fourth-order valence-corrected chi connectivity index (χ4v) is 2.67. The summed E-state index contributed by atoms with van der Waals surface area (Å²) in [6.45, 7) is 9.59. The van der Waals surface area contributed by atoms with Gasteiger partial charge in [-0.1, -0.05) is 27.7 Å². The van der Waals surface area contributed by atoms with Crippen LogP contribution < -0.4 is 10.6 Å². The third-order valence-electron chi connectivity index (χ3n) is 3.28. The first kappa shape index (κ1) is 20.9. The van der Waals surface area contributed by atoms with Crippen LogP contribution in [0.2, 0.25) is 0 Å². The van der Waals surface area contributed by atoms with Gasteiger partial charge in [-0.05, 0) is 6.42 Å². The third-order valence-corrected chi connectivity index (χ3v) is 4.42. The van der Waals surface area contributed by atoms with E-state index in [4.69, 9.17) is 4.42 Å². The number of oxazole rings is 1. The van der Waals surface area contributed by atoms with Crippen LogP contribution >= 0.6 is 35.3 Å². The Labute approximate surface area is 164 Å². The van der Waals surface area contributed by atoms with Crippen molar-refractivity contribution in [2.45, 2.75) is 52.6 Å². The Morgan fingerprint density at radius 2 is 1.92 bits per heavy atom. The minimum absolute atomic E-state index is 0. The zero-order valence-corrected chi connectivity index (χ0v) is 18.0. The van der Waals surface area contributed by atoms with Gasteiger partial charge in [0.05, 0.1) is 19.3 Å². The van der Waals surface area contributed by atoms with E-state index in [1.165, 1.54) is 4.88 Å². The first-order valence-electron chi connectivity index (χ1n) is 7.75. The van der Waals surface area contributed by atoms with E-state index >= 15 is 0 Å². The van der Waals surface area contributed by atoms with Crippen LogP contribution in [0.4, 0.5) is 0 Å². The SMILES string of the molecule is CCc1cnc(CNC(=NC)NCc2ncc(C(C)(C)C)o2)s1.I. The average Bonchev–Trinajstić information content (AvgIpc) is 3.15. The number of aromatic nitrogens is 2. The molecule has 2 rings (SSSR count). The molecule has 0 fully saturated rings. The second-order valence-corrected chi connectivity index (χ2v) is 7.42. The molecule has 0 aliphatic heterocycles.